The van der Waals surface area contributed by atoms with Gasteiger partial charge in [0.2, 0.25) is 0 Å². The second-order valence-electron chi connectivity index (χ2n) is 14.2. The van der Waals surface area contributed by atoms with E-state index in [1.807, 2.05) is 6.08 Å². The van der Waals surface area contributed by atoms with Gasteiger partial charge in [-0.05, 0) is 112 Å². The molecule has 2 nitrogen and oxygen atoms in total. The van der Waals surface area contributed by atoms with Crippen LogP contribution in [0.15, 0.2) is 183 Å². The molecule has 0 aliphatic heterocycles. The van der Waals surface area contributed by atoms with Crippen LogP contribution in [0.2, 0.25) is 0 Å². The van der Waals surface area contributed by atoms with Gasteiger partial charge in [-0.15, -0.1) is 0 Å². The first-order valence-electron chi connectivity index (χ1n) is 18.1. The highest BCUT2D eigenvalue weighted by molar-refractivity contribution is 6.11. The first-order valence-corrected chi connectivity index (χ1v) is 18.1. The Morgan fingerprint density at radius 2 is 1.13 bits per heavy atom. The first-order chi connectivity index (χ1) is 25.5. The third kappa shape index (κ3) is 5.02. The molecule has 0 radical (unpaired) electrons. The summed E-state index contributed by atoms with van der Waals surface area (Å²) in [4.78, 5) is 2.40. The molecule has 8 aromatic rings. The standard InChI is InChI=1S/C50H40N2/c1-5-38(6-2)52-48-22-13-11-20-44(48)45-32-37(25-30-49(45)52)35-23-26-39(27-24-35)51(40-18-14-17-36(31-40)34-15-8-7-9-16-34)41-28-29-43-42-19-10-12-21-46(42)50(3,4)47(43)33-41/h5-33H,1H2,2-4H3/b38-6+. The molecule has 0 atom stereocenters. The topological polar surface area (TPSA) is 8.17 Å². The molecule has 0 fully saturated rings. The molecule has 1 heterocycles. The van der Waals surface area contributed by atoms with Gasteiger partial charge in [0.05, 0.1) is 11.0 Å². The summed E-state index contributed by atoms with van der Waals surface area (Å²) in [6.45, 7) is 10.9. The van der Waals surface area contributed by atoms with E-state index >= 15 is 0 Å². The van der Waals surface area contributed by atoms with E-state index < -0.39 is 0 Å². The molecule has 0 N–H and O–H groups in total. The van der Waals surface area contributed by atoms with E-state index in [1.165, 1.54) is 66.3 Å². The van der Waals surface area contributed by atoms with Crippen molar-refractivity contribution in [1.29, 1.82) is 0 Å². The highest BCUT2D eigenvalue weighted by Gasteiger charge is 2.35. The number of hydrogen-bond acceptors (Lipinski definition) is 1. The van der Waals surface area contributed by atoms with Gasteiger partial charge in [-0.2, -0.15) is 0 Å². The number of benzene rings is 7. The SMILES string of the molecule is C=C/C(=C\C)n1c2ccccc2c2cc(-c3ccc(N(c4cccc(-c5ccccc5)c4)c4ccc5c(c4)C(C)(C)c4ccccc4-5)cc3)ccc21. The fraction of sp³-hybridized carbons (Fsp3) is 0.0800. The van der Waals surface area contributed by atoms with Crippen LogP contribution in [0.1, 0.15) is 31.9 Å². The summed E-state index contributed by atoms with van der Waals surface area (Å²) in [5.74, 6) is 0. The lowest BCUT2D eigenvalue weighted by atomic mass is 9.82. The van der Waals surface area contributed by atoms with Crippen LogP contribution in [-0.4, -0.2) is 4.57 Å². The van der Waals surface area contributed by atoms with Crippen LogP contribution in [0.3, 0.4) is 0 Å². The summed E-state index contributed by atoms with van der Waals surface area (Å²) in [5.41, 5.74) is 16.9. The molecular weight excluding hydrogens is 629 g/mol. The molecule has 0 amide bonds. The highest BCUT2D eigenvalue weighted by Crippen LogP contribution is 2.50. The maximum absolute atomic E-state index is 4.09. The Bertz CT molecular complexity index is 2670. The van der Waals surface area contributed by atoms with Crippen molar-refractivity contribution < 1.29 is 0 Å². The molecule has 0 saturated heterocycles. The third-order valence-electron chi connectivity index (χ3n) is 10.9. The number of rotatable bonds is 7. The van der Waals surface area contributed by atoms with E-state index in [2.05, 4.69) is 207 Å². The van der Waals surface area contributed by atoms with E-state index in [-0.39, 0.29) is 5.41 Å². The normalized spacial score (nSPS) is 13.2. The maximum Gasteiger partial charge on any atom is 0.0541 e. The van der Waals surface area contributed by atoms with E-state index in [0.717, 1.165) is 22.8 Å². The van der Waals surface area contributed by atoms with Crippen molar-refractivity contribution >= 4 is 44.6 Å². The molecule has 0 spiro atoms. The molecule has 9 rings (SSSR count). The number of anilines is 3. The number of nitrogens with zero attached hydrogens (tertiary/aromatic N) is 2. The largest absolute Gasteiger partial charge is 0.310 e. The summed E-state index contributed by atoms with van der Waals surface area (Å²) < 4.78 is 2.31. The van der Waals surface area contributed by atoms with Gasteiger partial charge in [0.15, 0.2) is 0 Å². The van der Waals surface area contributed by atoms with Crippen LogP contribution in [0, 0.1) is 0 Å². The molecule has 0 unspecified atom stereocenters. The molecule has 7 aromatic carbocycles. The van der Waals surface area contributed by atoms with Crippen LogP contribution in [0.4, 0.5) is 17.1 Å². The van der Waals surface area contributed by atoms with Crippen LogP contribution in [0.5, 0.6) is 0 Å². The van der Waals surface area contributed by atoms with Crippen molar-refractivity contribution in [3.05, 3.63) is 194 Å². The van der Waals surface area contributed by atoms with Crippen molar-refractivity contribution in [1.82, 2.24) is 4.57 Å². The summed E-state index contributed by atoms with van der Waals surface area (Å²) >= 11 is 0. The molecule has 1 aliphatic rings. The zero-order valence-corrected chi connectivity index (χ0v) is 29.8. The van der Waals surface area contributed by atoms with Gasteiger partial charge < -0.3 is 9.47 Å². The summed E-state index contributed by atoms with van der Waals surface area (Å²) in [6.07, 6.45) is 4.05. The van der Waals surface area contributed by atoms with Crippen molar-refractivity contribution in [3.63, 3.8) is 0 Å². The number of aromatic nitrogens is 1. The second kappa shape index (κ2) is 12.4. The Morgan fingerprint density at radius 3 is 1.94 bits per heavy atom. The Morgan fingerprint density at radius 1 is 0.519 bits per heavy atom. The predicted octanol–water partition coefficient (Wildman–Crippen LogP) is 14.0. The number of allylic oxidation sites excluding steroid dienone is 3. The van der Waals surface area contributed by atoms with Gasteiger partial charge >= 0.3 is 0 Å². The van der Waals surface area contributed by atoms with Crippen LogP contribution in [-0.2, 0) is 5.41 Å². The average Bonchev–Trinajstić information content (AvgIpc) is 3.64. The van der Waals surface area contributed by atoms with Gasteiger partial charge in [0.1, 0.15) is 0 Å². The first kappa shape index (κ1) is 31.6. The maximum atomic E-state index is 4.09. The van der Waals surface area contributed by atoms with Crippen molar-refractivity contribution in [3.8, 4) is 33.4 Å². The van der Waals surface area contributed by atoms with E-state index in [1.54, 1.807) is 0 Å². The fourth-order valence-corrected chi connectivity index (χ4v) is 8.31. The lowest BCUT2D eigenvalue weighted by molar-refractivity contribution is 0.660. The van der Waals surface area contributed by atoms with Crippen LogP contribution < -0.4 is 4.90 Å². The molecular formula is C50H40N2. The van der Waals surface area contributed by atoms with Gasteiger partial charge in [-0.3, -0.25) is 0 Å². The van der Waals surface area contributed by atoms with E-state index in [9.17, 15) is 0 Å². The summed E-state index contributed by atoms with van der Waals surface area (Å²) in [5, 5.41) is 2.47. The summed E-state index contributed by atoms with van der Waals surface area (Å²) in [7, 11) is 0. The van der Waals surface area contributed by atoms with Gasteiger partial charge in [0, 0.05) is 38.9 Å². The Balaban J connectivity index is 1.16. The molecule has 1 aromatic heterocycles. The van der Waals surface area contributed by atoms with Gasteiger partial charge in [-0.25, -0.2) is 0 Å². The Labute approximate surface area is 306 Å². The average molecular weight is 669 g/mol. The van der Waals surface area contributed by atoms with Crippen LogP contribution in [0.25, 0.3) is 60.9 Å². The molecule has 0 bridgehead atoms. The number of fused-ring (bicyclic) bond motifs is 6. The lowest BCUT2D eigenvalue weighted by Gasteiger charge is -2.28. The van der Waals surface area contributed by atoms with E-state index in [4.69, 9.17) is 0 Å². The molecule has 250 valence electrons. The predicted molar refractivity (Wildman–Crippen MR) is 223 cm³/mol. The molecule has 0 saturated carbocycles. The molecule has 1 aliphatic carbocycles. The Hall–Kier alpha value is -6.38. The highest BCUT2D eigenvalue weighted by atomic mass is 15.1. The zero-order chi connectivity index (χ0) is 35.4. The Kier molecular flexibility index (Phi) is 7.56. The number of para-hydroxylation sites is 1. The fourth-order valence-electron chi connectivity index (χ4n) is 8.31. The quantitative estimate of drug-likeness (QED) is 0.153. The second-order valence-corrected chi connectivity index (χ2v) is 14.2. The molecule has 52 heavy (non-hydrogen) atoms. The zero-order valence-electron chi connectivity index (χ0n) is 29.8. The van der Waals surface area contributed by atoms with Gasteiger partial charge in [0.25, 0.3) is 0 Å². The van der Waals surface area contributed by atoms with Gasteiger partial charge in [-0.1, -0.05) is 136 Å². The van der Waals surface area contributed by atoms with Crippen LogP contribution >= 0.6 is 0 Å². The van der Waals surface area contributed by atoms with Crippen molar-refractivity contribution in [2.75, 3.05) is 4.90 Å². The van der Waals surface area contributed by atoms with Crippen molar-refractivity contribution in [2.45, 2.75) is 26.2 Å². The summed E-state index contributed by atoms with van der Waals surface area (Å²) in [6, 6.07) is 59.9. The van der Waals surface area contributed by atoms with E-state index in [0.29, 0.717) is 0 Å². The number of hydrogen-bond donors (Lipinski definition) is 0. The lowest BCUT2D eigenvalue weighted by Crippen LogP contribution is -2.16. The monoisotopic (exact) mass is 668 g/mol. The minimum atomic E-state index is -0.0928. The minimum Gasteiger partial charge on any atom is -0.310 e. The molecule has 2 heteroatoms. The minimum absolute atomic E-state index is 0.0928. The van der Waals surface area contributed by atoms with Crippen molar-refractivity contribution in [2.24, 2.45) is 0 Å². The smallest absolute Gasteiger partial charge is 0.0541 e. The third-order valence-corrected chi connectivity index (χ3v) is 10.9.